The average molecular weight is 345 g/mol. The first-order valence-electron chi connectivity index (χ1n) is 7.12. The Kier molecular flexibility index (Phi) is 5.20. The van der Waals surface area contributed by atoms with Gasteiger partial charge in [0.05, 0.1) is 13.2 Å². The number of nitrogens with one attached hydrogen (secondary N) is 2. The second kappa shape index (κ2) is 6.83. The first kappa shape index (κ1) is 18.3. The molecule has 0 bridgehead atoms. The molecule has 1 fully saturated rings. The van der Waals surface area contributed by atoms with E-state index in [1.807, 2.05) is 4.98 Å². The number of nitrogens with zero attached hydrogens (tertiary/aromatic N) is 1. The van der Waals surface area contributed by atoms with Gasteiger partial charge in [-0.05, 0) is 6.92 Å². The van der Waals surface area contributed by atoms with E-state index in [1.54, 1.807) is 0 Å². The molecule has 1 aliphatic heterocycles. The topological polar surface area (TPSA) is 174 Å². The van der Waals surface area contributed by atoms with Crippen LogP contribution in [0.1, 0.15) is 18.7 Å². The van der Waals surface area contributed by atoms with Crippen molar-refractivity contribution < 1.29 is 30.0 Å². The summed E-state index contributed by atoms with van der Waals surface area (Å²) in [6.45, 7) is 0.140. The second-order valence-electron chi connectivity index (χ2n) is 5.70. The Morgan fingerprint density at radius 1 is 1.50 bits per heavy atom. The highest BCUT2D eigenvalue weighted by atomic mass is 16.6. The highest BCUT2D eigenvalue weighted by Crippen LogP contribution is 2.37. The first-order valence-corrected chi connectivity index (χ1v) is 7.12. The summed E-state index contributed by atoms with van der Waals surface area (Å²) in [5, 5.41) is 40.6. The van der Waals surface area contributed by atoms with Crippen LogP contribution in [0.3, 0.4) is 0 Å². The second-order valence-corrected chi connectivity index (χ2v) is 5.70. The van der Waals surface area contributed by atoms with Gasteiger partial charge in [-0.1, -0.05) is 0 Å². The van der Waals surface area contributed by atoms with E-state index in [-0.39, 0.29) is 18.7 Å². The molecule has 0 aliphatic carbocycles. The van der Waals surface area contributed by atoms with Crippen molar-refractivity contribution in [3.8, 4) is 0 Å². The third kappa shape index (κ3) is 3.39. The van der Waals surface area contributed by atoms with Crippen LogP contribution < -0.4 is 16.6 Å². The summed E-state index contributed by atoms with van der Waals surface area (Å²) in [6.07, 6.45) is -2.77. The first-order chi connectivity index (χ1) is 11.2. The molecule has 1 aliphatic rings. The minimum atomic E-state index is -1.89. The summed E-state index contributed by atoms with van der Waals surface area (Å²) in [4.78, 5) is 36.3. The standard InChI is InChI=1S/C13H19N3O8/c1-13(23)9(20)7(5-17)24-11(13)16-4-6(2-14-3-8(18)19)10(21)15-12(16)22/h4,7,9,11,14,17,20,23H,2-3,5H2,1H3,(H,18,19)(H,15,21,22)/t7-,9-,11-,13-/m1/s1. The minimum absolute atomic E-state index is 0.0391. The van der Waals surface area contributed by atoms with Gasteiger partial charge in [0.1, 0.15) is 17.8 Å². The fraction of sp³-hybridized carbons (Fsp3) is 0.615. The highest BCUT2D eigenvalue weighted by molar-refractivity contribution is 5.68. The predicted molar refractivity (Wildman–Crippen MR) is 78.3 cm³/mol. The van der Waals surface area contributed by atoms with Gasteiger partial charge in [-0.15, -0.1) is 0 Å². The fourth-order valence-corrected chi connectivity index (χ4v) is 2.52. The normalized spacial score (nSPS) is 29.8. The lowest BCUT2D eigenvalue weighted by molar-refractivity contribution is -0.136. The maximum atomic E-state index is 12.0. The predicted octanol–water partition coefficient (Wildman–Crippen LogP) is -3.29. The van der Waals surface area contributed by atoms with E-state index in [0.29, 0.717) is 0 Å². The molecule has 2 heterocycles. The van der Waals surface area contributed by atoms with E-state index in [2.05, 4.69) is 5.32 Å². The van der Waals surface area contributed by atoms with Crippen LogP contribution in [-0.4, -0.2) is 66.9 Å². The monoisotopic (exact) mass is 345 g/mol. The van der Waals surface area contributed by atoms with E-state index in [0.717, 1.165) is 10.8 Å². The number of rotatable bonds is 6. The SMILES string of the molecule is C[C@@]1(O)[C@H](O)[C@@H](CO)O[C@H]1n1cc(CNCC(=O)O)c(=O)[nH]c1=O. The van der Waals surface area contributed by atoms with Crippen molar-refractivity contribution in [2.75, 3.05) is 13.2 Å². The zero-order valence-corrected chi connectivity index (χ0v) is 12.8. The van der Waals surface area contributed by atoms with Crippen LogP contribution in [0.4, 0.5) is 0 Å². The molecule has 0 amide bonds. The molecule has 2 rings (SSSR count). The van der Waals surface area contributed by atoms with E-state index < -0.39 is 47.9 Å². The Hall–Kier alpha value is -2.05. The molecule has 24 heavy (non-hydrogen) atoms. The lowest BCUT2D eigenvalue weighted by Crippen LogP contribution is -2.47. The van der Waals surface area contributed by atoms with Gasteiger partial charge >= 0.3 is 11.7 Å². The van der Waals surface area contributed by atoms with Crippen LogP contribution in [-0.2, 0) is 16.1 Å². The molecule has 4 atom stereocenters. The quantitative estimate of drug-likeness (QED) is 0.309. The highest BCUT2D eigenvalue weighted by Gasteiger charge is 2.53. The number of hydrogen-bond acceptors (Lipinski definition) is 8. The fourth-order valence-electron chi connectivity index (χ4n) is 2.52. The summed E-state index contributed by atoms with van der Waals surface area (Å²) >= 11 is 0. The number of ether oxygens (including phenoxy) is 1. The maximum absolute atomic E-state index is 12.0. The molecule has 6 N–H and O–H groups in total. The van der Waals surface area contributed by atoms with Gasteiger partial charge in [-0.2, -0.15) is 0 Å². The molecule has 1 aromatic rings. The van der Waals surface area contributed by atoms with Crippen molar-refractivity contribution in [2.24, 2.45) is 0 Å². The number of aromatic amines is 1. The molecule has 1 saturated heterocycles. The van der Waals surface area contributed by atoms with Crippen LogP contribution in [0, 0.1) is 0 Å². The maximum Gasteiger partial charge on any atom is 0.330 e. The van der Waals surface area contributed by atoms with Crippen LogP contribution in [0.5, 0.6) is 0 Å². The molecule has 0 spiro atoms. The molecule has 0 aromatic carbocycles. The summed E-state index contributed by atoms with van der Waals surface area (Å²) in [5.41, 5.74) is -3.44. The number of H-pyrrole nitrogens is 1. The molecule has 0 radical (unpaired) electrons. The van der Waals surface area contributed by atoms with E-state index in [9.17, 15) is 24.6 Å². The lowest BCUT2D eigenvalue weighted by atomic mass is 9.96. The van der Waals surface area contributed by atoms with Crippen molar-refractivity contribution in [3.63, 3.8) is 0 Å². The zero-order valence-electron chi connectivity index (χ0n) is 12.8. The van der Waals surface area contributed by atoms with Gasteiger partial charge in [0.25, 0.3) is 5.56 Å². The molecule has 1 aromatic heterocycles. The minimum Gasteiger partial charge on any atom is -0.480 e. The van der Waals surface area contributed by atoms with E-state index >= 15 is 0 Å². The number of aliphatic hydroxyl groups is 3. The van der Waals surface area contributed by atoms with Crippen molar-refractivity contribution in [1.82, 2.24) is 14.9 Å². The van der Waals surface area contributed by atoms with Crippen molar-refractivity contribution in [2.45, 2.75) is 37.5 Å². The Balaban J connectivity index is 2.35. The van der Waals surface area contributed by atoms with Crippen LogP contribution in [0.15, 0.2) is 15.8 Å². The Bertz CT molecular complexity index is 725. The summed E-state index contributed by atoms with van der Waals surface area (Å²) in [6, 6.07) is 0. The molecule has 11 heteroatoms. The molecule has 0 saturated carbocycles. The third-order valence-corrected chi connectivity index (χ3v) is 3.82. The van der Waals surface area contributed by atoms with Crippen LogP contribution in [0.2, 0.25) is 0 Å². The van der Waals surface area contributed by atoms with Crippen molar-refractivity contribution in [1.29, 1.82) is 0 Å². The Morgan fingerprint density at radius 3 is 2.71 bits per heavy atom. The van der Waals surface area contributed by atoms with Crippen molar-refractivity contribution >= 4 is 5.97 Å². The van der Waals surface area contributed by atoms with E-state index in [1.165, 1.54) is 6.92 Å². The van der Waals surface area contributed by atoms with Gasteiger partial charge in [0, 0.05) is 18.3 Å². The number of hydrogen-bond donors (Lipinski definition) is 6. The summed E-state index contributed by atoms with van der Waals surface area (Å²) in [7, 11) is 0. The average Bonchev–Trinajstić information content (AvgIpc) is 2.72. The number of aromatic nitrogens is 2. The molecular weight excluding hydrogens is 326 g/mol. The molecule has 11 nitrogen and oxygen atoms in total. The molecular formula is C13H19N3O8. The molecule has 134 valence electrons. The number of carbonyl (C=O) groups is 1. The van der Waals surface area contributed by atoms with Gasteiger partial charge in [-0.25, -0.2) is 4.79 Å². The number of aliphatic hydroxyl groups excluding tert-OH is 2. The lowest BCUT2D eigenvalue weighted by Gasteiger charge is -2.27. The largest absolute Gasteiger partial charge is 0.480 e. The van der Waals surface area contributed by atoms with Crippen LogP contribution in [0.25, 0.3) is 0 Å². The Labute approximate surface area is 135 Å². The van der Waals surface area contributed by atoms with E-state index in [4.69, 9.17) is 14.9 Å². The van der Waals surface area contributed by atoms with Gasteiger partial charge < -0.3 is 30.5 Å². The smallest absolute Gasteiger partial charge is 0.330 e. The zero-order chi connectivity index (χ0) is 18.1. The number of carboxylic acid groups (broad SMARTS) is 1. The molecule has 0 unspecified atom stereocenters. The van der Waals surface area contributed by atoms with Crippen molar-refractivity contribution in [3.05, 3.63) is 32.6 Å². The summed E-state index contributed by atoms with van der Waals surface area (Å²) < 4.78 is 6.21. The summed E-state index contributed by atoms with van der Waals surface area (Å²) in [5.74, 6) is -1.12. The van der Waals surface area contributed by atoms with Gasteiger partial charge in [0.15, 0.2) is 6.23 Å². The van der Waals surface area contributed by atoms with Gasteiger partial charge in [0.2, 0.25) is 0 Å². The number of aliphatic carboxylic acids is 1. The van der Waals surface area contributed by atoms with Gasteiger partial charge in [-0.3, -0.25) is 19.1 Å². The van der Waals surface area contributed by atoms with Crippen LogP contribution >= 0.6 is 0 Å². The Morgan fingerprint density at radius 2 is 2.17 bits per heavy atom. The number of carboxylic acids is 1. The third-order valence-electron chi connectivity index (χ3n) is 3.82.